The summed E-state index contributed by atoms with van der Waals surface area (Å²) in [7, 11) is 0. The number of amides is 2. The Bertz CT molecular complexity index is 845. The molecule has 2 aliphatic heterocycles. The Labute approximate surface area is 168 Å². The molecule has 1 saturated heterocycles. The fourth-order valence-corrected chi connectivity index (χ4v) is 5.12. The standard InChI is InChI=1S/C20H25N5O2S/c1-2-17(26)25-10-5-16-19(23-14-22-16)20(25)6-11-24(12-7-20)18(27)13-28-15-3-8-21-9-4-15/h3-4,8-9,14H,2,5-7,10-13H2,1H3,(H,22,23). The summed E-state index contributed by atoms with van der Waals surface area (Å²) < 4.78 is 0. The number of hydrogen-bond donors (Lipinski definition) is 1. The molecule has 0 bridgehead atoms. The highest BCUT2D eigenvalue weighted by atomic mass is 32.2. The molecular weight excluding hydrogens is 374 g/mol. The number of pyridine rings is 1. The number of H-pyrrole nitrogens is 1. The quantitative estimate of drug-likeness (QED) is 0.797. The SMILES string of the molecule is CCC(=O)N1CCc2[nH]cnc2C12CCN(C(=O)CSc1ccncc1)CC2. The van der Waals surface area contributed by atoms with Gasteiger partial charge >= 0.3 is 0 Å². The fourth-order valence-electron chi connectivity index (χ4n) is 4.34. The summed E-state index contributed by atoms with van der Waals surface area (Å²) >= 11 is 1.54. The van der Waals surface area contributed by atoms with Gasteiger partial charge in [0.15, 0.2) is 0 Å². The number of fused-ring (bicyclic) bond motifs is 2. The Balaban J connectivity index is 1.45. The number of nitrogens with one attached hydrogen (secondary N) is 1. The number of imidazole rings is 1. The molecule has 0 aromatic carbocycles. The van der Waals surface area contributed by atoms with E-state index in [1.54, 1.807) is 18.7 Å². The largest absolute Gasteiger partial charge is 0.348 e. The van der Waals surface area contributed by atoms with Gasteiger partial charge in [-0.15, -0.1) is 11.8 Å². The van der Waals surface area contributed by atoms with Gasteiger partial charge in [0.25, 0.3) is 0 Å². The molecule has 0 unspecified atom stereocenters. The van der Waals surface area contributed by atoms with Crippen LogP contribution in [0.15, 0.2) is 35.7 Å². The Morgan fingerprint density at radius 1 is 1.18 bits per heavy atom. The third-order valence-electron chi connectivity index (χ3n) is 5.82. The summed E-state index contributed by atoms with van der Waals surface area (Å²) in [6.45, 7) is 3.92. The number of carbonyl (C=O) groups is 2. The molecule has 1 spiro atoms. The summed E-state index contributed by atoms with van der Waals surface area (Å²) in [5.74, 6) is 0.729. The number of piperidine rings is 1. The van der Waals surface area contributed by atoms with E-state index in [9.17, 15) is 9.59 Å². The zero-order valence-corrected chi connectivity index (χ0v) is 16.9. The molecule has 2 aromatic rings. The molecule has 7 nitrogen and oxygen atoms in total. The van der Waals surface area contributed by atoms with Gasteiger partial charge in [0.1, 0.15) is 0 Å². The van der Waals surface area contributed by atoms with Crippen LogP contribution in [0.1, 0.15) is 37.6 Å². The van der Waals surface area contributed by atoms with Crippen LogP contribution in [-0.4, -0.2) is 62.0 Å². The smallest absolute Gasteiger partial charge is 0.232 e. The average molecular weight is 400 g/mol. The van der Waals surface area contributed by atoms with Crippen LogP contribution in [0.4, 0.5) is 0 Å². The molecule has 4 rings (SSSR count). The predicted molar refractivity (Wildman–Crippen MR) is 107 cm³/mol. The minimum atomic E-state index is -0.379. The first-order valence-electron chi connectivity index (χ1n) is 9.78. The number of hydrogen-bond acceptors (Lipinski definition) is 5. The highest BCUT2D eigenvalue weighted by Crippen LogP contribution is 2.42. The average Bonchev–Trinajstić information content (AvgIpc) is 3.23. The zero-order valence-electron chi connectivity index (χ0n) is 16.1. The number of rotatable bonds is 4. The second-order valence-electron chi connectivity index (χ2n) is 7.26. The molecule has 0 aliphatic carbocycles. The Hall–Kier alpha value is -2.35. The van der Waals surface area contributed by atoms with Gasteiger partial charge in [-0.3, -0.25) is 14.6 Å². The maximum Gasteiger partial charge on any atom is 0.232 e. The molecule has 28 heavy (non-hydrogen) atoms. The Kier molecular flexibility index (Phi) is 5.39. The predicted octanol–water partition coefficient (Wildman–Crippen LogP) is 2.21. The normalized spacial score (nSPS) is 18.2. The van der Waals surface area contributed by atoms with E-state index >= 15 is 0 Å². The second kappa shape index (κ2) is 7.95. The van der Waals surface area contributed by atoms with Crippen LogP contribution in [0.5, 0.6) is 0 Å². The van der Waals surface area contributed by atoms with Crippen LogP contribution in [0, 0.1) is 0 Å². The lowest BCUT2D eigenvalue weighted by Crippen LogP contribution is -2.59. The van der Waals surface area contributed by atoms with Gasteiger partial charge in [-0.25, -0.2) is 4.98 Å². The number of nitrogens with zero attached hydrogens (tertiary/aromatic N) is 4. The summed E-state index contributed by atoms with van der Waals surface area (Å²) in [5, 5.41) is 0. The van der Waals surface area contributed by atoms with Gasteiger partial charge in [0.05, 0.1) is 23.3 Å². The third-order valence-corrected chi connectivity index (χ3v) is 6.82. The fraction of sp³-hybridized carbons (Fsp3) is 0.500. The molecule has 4 heterocycles. The summed E-state index contributed by atoms with van der Waals surface area (Å²) in [6.07, 6.45) is 7.99. The number of likely N-dealkylation sites (tertiary alicyclic amines) is 1. The van der Waals surface area contributed by atoms with E-state index in [1.807, 2.05) is 28.9 Å². The molecule has 0 radical (unpaired) electrons. The van der Waals surface area contributed by atoms with Crippen molar-refractivity contribution >= 4 is 23.6 Å². The molecule has 2 aliphatic rings. The highest BCUT2D eigenvalue weighted by molar-refractivity contribution is 8.00. The second-order valence-corrected chi connectivity index (χ2v) is 8.31. The number of carbonyl (C=O) groups excluding carboxylic acids is 2. The molecule has 148 valence electrons. The van der Waals surface area contributed by atoms with Crippen LogP contribution in [-0.2, 0) is 21.5 Å². The lowest BCUT2D eigenvalue weighted by atomic mass is 9.78. The molecule has 0 saturated carbocycles. The van der Waals surface area contributed by atoms with Gasteiger partial charge in [-0.2, -0.15) is 0 Å². The summed E-state index contributed by atoms with van der Waals surface area (Å²) in [5.41, 5.74) is 1.75. The van der Waals surface area contributed by atoms with E-state index in [0.717, 1.165) is 35.5 Å². The van der Waals surface area contributed by atoms with Crippen molar-refractivity contribution in [2.24, 2.45) is 0 Å². The molecule has 2 amide bonds. The van der Waals surface area contributed by atoms with Crippen LogP contribution in [0.3, 0.4) is 0 Å². The highest BCUT2D eigenvalue weighted by Gasteiger charge is 2.48. The first-order chi connectivity index (χ1) is 13.6. The van der Waals surface area contributed by atoms with Crippen LogP contribution in [0.25, 0.3) is 0 Å². The van der Waals surface area contributed by atoms with E-state index in [1.165, 1.54) is 11.8 Å². The van der Waals surface area contributed by atoms with Gasteiger partial charge in [-0.1, -0.05) is 6.92 Å². The van der Waals surface area contributed by atoms with Crippen molar-refractivity contribution in [3.63, 3.8) is 0 Å². The molecule has 8 heteroatoms. The zero-order chi connectivity index (χ0) is 19.6. The van der Waals surface area contributed by atoms with Gasteiger partial charge < -0.3 is 14.8 Å². The van der Waals surface area contributed by atoms with Gasteiger partial charge in [0, 0.05) is 55.5 Å². The van der Waals surface area contributed by atoms with Crippen LogP contribution in [0.2, 0.25) is 0 Å². The Morgan fingerprint density at radius 2 is 1.93 bits per heavy atom. The van der Waals surface area contributed by atoms with Crippen LogP contribution < -0.4 is 0 Å². The monoisotopic (exact) mass is 399 g/mol. The lowest BCUT2D eigenvalue weighted by molar-refractivity contribution is -0.143. The van der Waals surface area contributed by atoms with Crippen molar-refractivity contribution in [1.82, 2.24) is 24.8 Å². The van der Waals surface area contributed by atoms with E-state index < -0.39 is 0 Å². The van der Waals surface area contributed by atoms with Gasteiger partial charge in [-0.05, 0) is 25.0 Å². The number of aromatic nitrogens is 3. The molecule has 1 fully saturated rings. The minimum absolute atomic E-state index is 0.142. The van der Waals surface area contributed by atoms with Crippen molar-refractivity contribution in [3.05, 3.63) is 42.2 Å². The van der Waals surface area contributed by atoms with Crippen molar-refractivity contribution in [1.29, 1.82) is 0 Å². The van der Waals surface area contributed by atoms with Crippen molar-refractivity contribution in [3.8, 4) is 0 Å². The minimum Gasteiger partial charge on any atom is -0.348 e. The maximum atomic E-state index is 12.7. The van der Waals surface area contributed by atoms with Gasteiger partial charge in [0.2, 0.25) is 11.8 Å². The van der Waals surface area contributed by atoms with E-state index in [4.69, 9.17) is 0 Å². The number of thioether (sulfide) groups is 1. The molecular formula is C20H25N5O2S. The molecule has 2 aromatic heterocycles. The van der Waals surface area contributed by atoms with E-state index in [-0.39, 0.29) is 17.4 Å². The summed E-state index contributed by atoms with van der Waals surface area (Å²) in [6, 6.07) is 3.83. The Morgan fingerprint density at radius 3 is 2.64 bits per heavy atom. The van der Waals surface area contributed by atoms with E-state index in [0.29, 0.717) is 31.8 Å². The maximum absolute atomic E-state index is 12.7. The van der Waals surface area contributed by atoms with Crippen molar-refractivity contribution < 1.29 is 9.59 Å². The topological polar surface area (TPSA) is 82.2 Å². The lowest BCUT2D eigenvalue weighted by Gasteiger charge is -2.50. The number of aromatic amines is 1. The summed E-state index contributed by atoms with van der Waals surface area (Å²) in [4.78, 5) is 42.2. The first kappa shape index (κ1) is 19.0. The van der Waals surface area contributed by atoms with E-state index in [2.05, 4.69) is 15.0 Å². The first-order valence-corrected chi connectivity index (χ1v) is 10.8. The van der Waals surface area contributed by atoms with Crippen molar-refractivity contribution in [2.75, 3.05) is 25.4 Å². The third kappa shape index (κ3) is 3.41. The molecule has 0 atom stereocenters. The van der Waals surface area contributed by atoms with Crippen molar-refractivity contribution in [2.45, 2.75) is 43.0 Å². The molecule has 1 N–H and O–H groups in total. The van der Waals surface area contributed by atoms with Crippen LogP contribution >= 0.6 is 11.8 Å².